The Hall–Kier alpha value is -1.20. The second-order valence-corrected chi connectivity index (χ2v) is 5.19. The Bertz CT molecular complexity index is 525. The minimum Gasteiger partial charge on any atom is -0.465 e. The highest BCUT2D eigenvalue weighted by Gasteiger charge is 2.30. The molecule has 0 aliphatic rings. The Labute approximate surface area is 136 Å². The molecule has 1 aromatic rings. The lowest BCUT2D eigenvalue weighted by Gasteiger charge is -2.10. The van der Waals surface area contributed by atoms with E-state index < -0.39 is 23.1 Å². The van der Waals surface area contributed by atoms with Gasteiger partial charge in [0.25, 0.3) is 0 Å². The van der Waals surface area contributed by atoms with Gasteiger partial charge in [-0.25, -0.2) is 0 Å². The largest absolute Gasteiger partial charge is 0.465 e. The summed E-state index contributed by atoms with van der Waals surface area (Å²) in [6, 6.07) is 4.65. The standard InChI is InChI=1S/C15H15Cl2F3O2/c1-2-22-14(21)13(17)8-5-11(9-16)10-3-6-12(7-4-10)15(18,19)20/h3-7,13H,2,8-9H2,1H3/b11-5-. The summed E-state index contributed by atoms with van der Waals surface area (Å²) < 4.78 is 42.3. The molecule has 1 atom stereocenters. The van der Waals surface area contributed by atoms with Gasteiger partial charge in [-0.15, -0.1) is 23.2 Å². The van der Waals surface area contributed by atoms with Crippen molar-refractivity contribution < 1.29 is 22.7 Å². The molecule has 0 heterocycles. The molecule has 1 aromatic carbocycles. The molecule has 22 heavy (non-hydrogen) atoms. The van der Waals surface area contributed by atoms with Gasteiger partial charge in [0.15, 0.2) is 0 Å². The summed E-state index contributed by atoms with van der Waals surface area (Å²) in [7, 11) is 0. The molecule has 1 unspecified atom stereocenters. The SMILES string of the molecule is CCOC(=O)C(Cl)C/C=C(/CCl)c1ccc(C(F)(F)F)cc1. The molecule has 1 rings (SSSR count). The van der Waals surface area contributed by atoms with E-state index in [1.165, 1.54) is 12.1 Å². The molecule has 0 saturated carbocycles. The fourth-order valence-corrected chi connectivity index (χ4v) is 2.11. The topological polar surface area (TPSA) is 26.3 Å². The maximum absolute atomic E-state index is 12.5. The third kappa shape index (κ3) is 5.54. The predicted octanol–water partition coefficient (Wildman–Crippen LogP) is 4.89. The van der Waals surface area contributed by atoms with Crippen LogP contribution in [-0.2, 0) is 15.7 Å². The number of hydrogen-bond acceptors (Lipinski definition) is 2. The summed E-state index contributed by atoms with van der Waals surface area (Å²) in [4.78, 5) is 11.4. The van der Waals surface area contributed by atoms with E-state index in [0.717, 1.165) is 12.1 Å². The summed E-state index contributed by atoms with van der Waals surface area (Å²) in [6.07, 6.45) is -2.57. The zero-order chi connectivity index (χ0) is 16.8. The van der Waals surface area contributed by atoms with Crippen molar-refractivity contribution in [3.8, 4) is 0 Å². The van der Waals surface area contributed by atoms with Gasteiger partial charge in [0.2, 0.25) is 0 Å². The van der Waals surface area contributed by atoms with Crippen LogP contribution in [0.4, 0.5) is 13.2 Å². The highest BCUT2D eigenvalue weighted by atomic mass is 35.5. The number of halogens is 5. The molecule has 0 saturated heterocycles. The molecule has 0 N–H and O–H groups in total. The maximum Gasteiger partial charge on any atom is 0.416 e. The van der Waals surface area contributed by atoms with Crippen molar-refractivity contribution in [2.75, 3.05) is 12.5 Å². The highest BCUT2D eigenvalue weighted by molar-refractivity contribution is 6.30. The lowest BCUT2D eigenvalue weighted by Crippen LogP contribution is -2.17. The first-order chi connectivity index (χ1) is 10.3. The Morgan fingerprint density at radius 1 is 1.32 bits per heavy atom. The van der Waals surface area contributed by atoms with Crippen molar-refractivity contribution in [3.63, 3.8) is 0 Å². The van der Waals surface area contributed by atoms with Crippen LogP contribution in [0.15, 0.2) is 30.3 Å². The van der Waals surface area contributed by atoms with E-state index in [1.807, 2.05) is 0 Å². The first-order valence-electron chi connectivity index (χ1n) is 6.53. The molecule has 0 aromatic heterocycles. The normalized spacial score (nSPS) is 13.8. The van der Waals surface area contributed by atoms with Crippen molar-refractivity contribution in [2.45, 2.75) is 24.9 Å². The number of carbonyl (C=O) groups excluding carboxylic acids is 1. The van der Waals surface area contributed by atoms with Gasteiger partial charge < -0.3 is 4.74 Å². The van der Waals surface area contributed by atoms with Crippen LogP contribution in [0.1, 0.15) is 24.5 Å². The number of esters is 1. The monoisotopic (exact) mass is 354 g/mol. The molecular formula is C15H15Cl2F3O2. The fraction of sp³-hybridized carbons (Fsp3) is 0.400. The molecule has 0 bridgehead atoms. The highest BCUT2D eigenvalue weighted by Crippen LogP contribution is 2.30. The van der Waals surface area contributed by atoms with Gasteiger partial charge in [0.05, 0.1) is 12.2 Å². The maximum atomic E-state index is 12.5. The van der Waals surface area contributed by atoms with Crippen LogP contribution in [0.2, 0.25) is 0 Å². The van der Waals surface area contributed by atoms with Gasteiger partial charge >= 0.3 is 12.1 Å². The average Bonchev–Trinajstić information content (AvgIpc) is 2.47. The van der Waals surface area contributed by atoms with Crippen LogP contribution in [-0.4, -0.2) is 23.8 Å². The molecule has 0 aliphatic heterocycles. The second kappa shape index (κ2) is 8.44. The summed E-state index contributed by atoms with van der Waals surface area (Å²) in [5, 5.41) is -0.854. The van der Waals surface area contributed by atoms with Gasteiger partial charge in [-0.2, -0.15) is 13.2 Å². The zero-order valence-corrected chi connectivity index (χ0v) is 13.3. The van der Waals surface area contributed by atoms with Crippen LogP contribution in [0, 0.1) is 0 Å². The van der Waals surface area contributed by atoms with Crippen LogP contribution in [0.25, 0.3) is 5.57 Å². The number of ether oxygens (including phenoxy) is 1. The van der Waals surface area contributed by atoms with E-state index >= 15 is 0 Å². The Kier molecular flexibility index (Phi) is 7.23. The second-order valence-electron chi connectivity index (χ2n) is 4.39. The van der Waals surface area contributed by atoms with Gasteiger partial charge in [0.1, 0.15) is 5.38 Å². The van der Waals surface area contributed by atoms with E-state index in [2.05, 4.69) is 0 Å². The van der Waals surface area contributed by atoms with Crippen molar-refractivity contribution in [2.24, 2.45) is 0 Å². The Balaban J connectivity index is 2.83. The minimum atomic E-state index is -4.38. The van der Waals surface area contributed by atoms with Crippen molar-refractivity contribution in [1.82, 2.24) is 0 Å². The van der Waals surface area contributed by atoms with E-state index in [9.17, 15) is 18.0 Å². The van der Waals surface area contributed by atoms with Gasteiger partial charge in [0, 0.05) is 5.88 Å². The summed E-state index contributed by atoms with van der Waals surface area (Å²) in [6.45, 7) is 1.90. The third-order valence-corrected chi connectivity index (χ3v) is 3.48. The van der Waals surface area contributed by atoms with Crippen LogP contribution in [0.3, 0.4) is 0 Å². The quantitative estimate of drug-likeness (QED) is 0.537. The van der Waals surface area contributed by atoms with Crippen molar-refractivity contribution in [3.05, 3.63) is 41.5 Å². The van der Waals surface area contributed by atoms with Crippen molar-refractivity contribution in [1.29, 1.82) is 0 Å². The van der Waals surface area contributed by atoms with Crippen LogP contribution < -0.4 is 0 Å². The number of carbonyl (C=O) groups is 1. The van der Waals surface area contributed by atoms with E-state index in [0.29, 0.717) is 11.1 Å². The van der Waals surface area contributed by atoms with E-state index in [1.54, 1.807) is 13.0 Å². The molecular weight excluding hydrogens is 340 g/mol. The van der Waals surface area contributed by atoms with E-state index in [4.69, 9.17) is 27.9 Å². The van der Waals surface area contributed by atoms with Crippen LogP contribution >= 0.6 is 23.2 Å². The average molecular weight is 355 g/mol. The first-order valence-corrected chi connectivity index (χ1v) is 7.50. The zero-order valence-electron chi connectivity index (χ0n) is 11.8. The molecule has 0 amide bonds. The summed E-state index contributed by atoms with van der Waals surface area (Å²) in [5.74, 6) is -0.445. The lowest BCUT2D eigenvalue weighted by atomic mass is 10.0. The van der Waals surface area contributed by atoms with Gasteiger partial charge in [-0.1, -0.05) is 18.2 Å². The number of allylic oxidation sites excluding steroid dienone is 2. The molecule has 0 fully saturated rings. The Morgan fingerprint density at radius 2 is 1.91 bits per heavy atom. The summed E-state index contributed by atoms with van der Waals surface area (Å²) in [5.41, 5.74) is 0.424. The number of alkyl halides is 5. The molecule has 2 nitrogen and oxygen atoms in total. The predicted molar refractivity (Wildman–Crippen MR) is 81.0 cm³/mol. The first kappa shape index (κ1) is 18.8. The van der Waals surface area contributed by atoms with Crippen molar-refractivity contribution >= 4 is 34.7 Å². The van der Waals surface area contributed by atoms with E-state index in [-0.39, 0.29) is 18.9 Å². The smallest absolute Gasteiger partial charge is 0.416 e. The molecule has 7 heteroatoms. The van der Waals surface area contributed by atoms with Crippen LogP contribution in [0.5, 0.6) is 0 Å². The fourth-order valence-electron chi connectivity index (χ4n) is 1.70. The number of hydrogen-bond donors (Lipinski definition) is 0. The lowest BCUT2D eigenvalue weighted by molar-refractivity contribution is -0.142. The minimum absolute atomic E-state index is 0.0950. The Morgan fingerprint density at radius 3 is 2.36 bits per heavy atom. The molecule has 0 radical (unpaired) electrons. The van der Waals surface area contributed by atoms with Gasteiger partial charge in [-0.3, -0.25) is 4.79 Å². The molecule has 122 valence electrons. The molecule has 0 aliphatic carbocycles. The third-order valence-electron chi connectivity index (χ3n) is 2.84. The summed E-state index contributed by atoms with van der Waals surface area (Å²) >= 11 is 11.7. The number of benzene rings is 1. The molecule has 0 spiro atoms. The number of rotatable bonds is 6. The van der Waals surface area contributed by atoms with Gasteiger partial charge in [-0.05, 0) is 36.6 Å².